The van der Waals surface area contributed by atoms with Crippen molar-refractivity contribution in [3.05, 3.63) is 52.0 Å². The first-order valence-corrected chi connectivity index (χ1v) is 13.3. The highest BCUT2D eigenvalue weighted by atomic mass is 32.1. The van der Waals surface area contributed by atoms with E-state index in [9.17, 15) is 15.0 Å². The SMILES string of the molecule is Cc1cc(/C=C/C(=O)N2CC[C@]34CCN(CC5CC5)[C@H](Cc5ccc(O)cc53)[C@]4(O)CC2)ns1. The number of phenolic OH excluding ortho intramolecular Hbond substituents is 1. The van der Waals surface area contributed by atoms with Gasteiger partial charge in [0.25, 0.3) is 0 Å². The molecule has 4 aliphatic rings. The number of phenols is 1. The van der Waals surface area contributed by atoms with Gasteiger partial charge < -0.3 is 15.1 Å². The van der Waals surface area contributed by atoms with Crippen molar-refractivity contribution in [1.29, 1.82) is 0 Å². The minimum atomic E-state index is -0.911. The summed E-state index contributed by atoms with van der Waals surface area (Å²) in [6, 6.07) is 7.75. The second-order valence-electron chi connectivity index (χ2n) is 10.8. The van der Waals surface area contributed by atoms with Gasteiger partial charge in [0.1, 0.15) is 5.75 Å². The van der Waals surface area contributed by atoms with Crippen molar-refractivity contribution < 1.29 is 15.0 Å². The number of amides is 1. The average Bonchev–Trinajstić information content (AvgIpc) is 3.56. The Hall–Kier alpha value is -2.22. The highest BCUT2D eigenvalue weighted by molar-refractivity contribution is 7.05. The molecule has 2 aliphatic carbocycles. The van der Waals surface area contributed by atoms with Crippen molar-refractivity contribution in [2.24, 2.45) is 5.92 Å². The normalized spacial score (nSPS) is 31.2. The summed E-state index contributed by atoms with van der Waals surface area (Å²) in [5.74, 6) is 0.999. The van der Waals surface area contributed by atoms with E-state index in [1.807, 2.05) is 30.0 Å². The molecule has 1 aromatic heterocycles. The maximum Gasteiger partial charge on any atom is 0.246 e. The van der Waals surface area contributed by atoms with E-state index in [2.05, 4.69) is 9.27 Å². The second-order valence-corrected chi connectivity index (χ2v) is 11.8. The van der Waals surface area contributed by atoms with Crippen molar-refractivity contribution in [3.8, 4) is 5.75 Å². The Morgan fingerprint density at radius 1 is 1.21 bits per heavy atom. The van der Waals surface area contributed by atoms with E-state index in [-0.39, 0.29) is 17.7 Å². The molecule has 6 nitrogen and oxygen atoms in total. The maximum absolute atomic E-state index is 13.1. The summed E-state index contributed by atoms with van der Waals surface area (Å²) in [4.78, 5) is 18.7. The first-order chi connectivity index (χ1) is 16.4. The van der Waals surface area contributed by atoms with E-state index >= 15 is 0 Å². The van der Waals surface area contributed by atoms with E-state index in [1.54, 1.807) is 18.2 Å². The van der Waals surface area contributed by atoms with Crippen LogP contribution in [0.2, 0.25) is 0 Å². The summed E-state index contributed by atoms with van der Waals surface area (Å²) in [7, 11) is 0. The quantitative estimate of drug-likeness (QED) is 0.657. The number of hydrogen-bond acceptors (Lipinski definition) is 6. The highest BCUT2D eigenvalue weighted by Gasteiger charge is 2.63. The van der Waals surface area contributed by atoms with E-state index < -0.39 is 11.0 Å². The fourth-order valence-electron chi connectivity index (χ4n) is 6.81. The zero-order valence-electron chi connectivity index (χ0n) is 19.7. The first-order valence-electron chi connectivity index (χ1n) is 12.6. The van der Waals surface area contributed by atoms with Crippen LogP contribution < -0.4 is 0 Å². The van der Waals surface area contributed by atoms with Crippen LogP contribution in [0.3, 0.4) is 0 Å². The van der Waals surface area contributed by atoms with Crippen LogP contribution >= 0.6 is 11.5 Å². The number of carbonyl (C=O) groups is 1. The molecular formula is C27H33N3O3S. The number of benzene rings is 1. The Labute approximate surface area is 205 Å². The third-order valence-electron chi connectivity index (χ3n) is 8.78. The van der Waals surface area contributed by atoms with Gasteiger partial charge in [-0.05, 0) is 105 Å². The van der Waals surface area contributed by atoms with Gasteiger partial charge in [0, 0.05) is 42.0 Å². The number of likely N-dealkylation sites (tertiary alicyclic amines) is 2. The molecule has 0 unspecified atom stereocenters. The number of aryl methyl sites for hydroxylation is 1. The molecule has 1 aromatic carbocycles. The molecule has 7 heteroatoms. The van der Waals surface area contributed by atoms with Crippen molar-refractivity contribution in [2.75, 3.05) is 26.2 Å². The van der Waals surface area contributed by atoms with Gasteiger partial charge in [0.05, 0.1) is 11.3 Å². The zero-order chi connectivity index (χ0) is 23.5. The first kappa shape index (κ1) is 22.3. The van der Waals surface area contributed by atoms with E-state index in [1.165, 1.54) is 29.9 Å². The van der Waals surface area contributed by atoms with Crippen molar-refractivity contribution >= 4 is 23.5 Å². The van der Waals surface area contributed by atoms with Gasteiger partial charge in [-0.3, -0.25) is 9.69 Å². The van der Waals surface area contributed by atoms with E-state index in [0.717, 1.165) is 48.0 Å². The Morgan fingerprint density at radius 3 is 2.76 bits per heavy atom. The lowest BCUT2D eigenvalue weighted by molar-refractivity contribution is -0.149. The van der Waals surface area contributed by atoms with Gasteiger partial charge in [-0.1, -0.05) is 6.07 Å². The minimum absolute atomic E-state index is 0.0233. The summed E-state index contributed by atoms with van der Waals surface area (Å²) >= 11 is 1.44. The molecule has 2 N–H and O–H groups in total. The number of piperidine rings is 1. The Kier molecular flexibility index (Phi) is 5.35. The van der Waals surface area contributed by atoms with Crippen LogP contribution in [0.15, 0.2) is 30.3 Å². The fraction of sp³-hybridized carbons (Fsp3) is 0.556. The Bertz CT molecular complexity index is 1140. The van der Waals surface area contributed by atoms with E-state index in [0.29, 0.717) is 25.9 Å². The average molecular weight is 480 g/mol. The summed E-state index contributed by atoms with van der Waals surface area (Å²) in [6.07, 6.45) is 8.94. The molecule has 3 fully saturated rings. The molecule has 6 rings (SSSR count). The minimum Gasteiger partial charge on any atom is -0.508 e. The van der Waals surface area contributed by atoms with Crippen LogP contribution in [0.4, 0.5) is 0 Å². The van der Waals surface area contributed by atoms with Gasteiger partial charge in [0.15, 0.2) is 0 Å². The number of aromatic nitrogens is 1. The predicted molar refractivity (Wildman–Crippen MR) is 133 cm³/mol. The number of hydrogen-bond donors (Lipinski definition) is 2. The number of nitrogens with zero attached hydrogens (tertiary/aromatic N) is 3. The van der Waals surface area contributed by atoms with Crippen LogP contribution in [-0.2, 0) is 16.6 Å². The monoisotopic (exact) mass is 479 g/mol. The zero-order valence-corrected chi connectivity index (χ0v) is 20.6. The molecule has 1 saturated carbocycles. The topological polar surface area (TPSA) is 76.9 Å². The lowest BCUT2D eigenvalue weighted by atomic mass is 9.52. The largest absolute Gasteiger partial charge is 0.508 e. The molecule has 180 valence electrons. The number of fused-ring (bicyclic) bond motifs is 1. The molecule has 34 heavy (non-hydrogen) atoms. The van der Waals surface area contributed by atoms with Gasteiger partial charge in [-0.25, -0.2) is 0 Å². The number of aromatic hydroxyl groups is 1. The van der Waals surface area contributed by atoms with Crippen LogP contribution in [0.1, 0.15) is 53.8 Å². The molecule has 2 aromatic rings. The summed E-state index contributed by atoms with van der Waals surface area (Å²) in [6.45, 7) is 5.18. The van der Waals surface area contributed by atoms with Crippen molar-refractivity contribution in [2.45, 2.75) is 62.5 Å². The van der Waals surface area contributed by atoms with Gasteiger partial charge in [-0.2, -0.15) is 4.37 Å². The number of aliphatic hydroxyl groups is 1. The molecule has 1 amide bonds. The van der Waals surface area contributed by atoms with Crippen LogP contribution in [-0.4, -0.2) is 68.1 Å². The molecule has 2 aliphatic heterocycles. The lowest BCUT2D eigenvalue weighted by Gasteiger charge is -2.61. The Morgan fingerprint density at radius 2 is 2.00 bits per heavy atom. The third kappa shape index (κ3) is 3.60. The standard InChI is InChI=1S/C27H33N3O3S/c1-18-14-21(28-34-18)5-7-25(32)29-11-8-26-9-12-30(17-19-2-3-19)24(27(26,33)10-13-29)15-20-4-6-22(31)16-23(20)26/h4-7,14,16,19,24,31,33H,2-3,8-13,15,17H2,1H3/b7-5+/t24-,26+,27-/m1/s1. The second kappa shape index (κ2) is 8.18. The fourth-order valence-corrected chi connectivity index (χ4v) is 7.35. The molecule has 3 atom stereocenters. The lowest BCUT2D eigenvalue weighted by Crippen LogP contribution is -2.71. The third-order valence-corrected chi connectivity index (χ3v) is 9.49. The Balaban J connectivity index is 1.32. The van der Waals surface area contributed by atoms with Gasteiger partial charge in [0.2, 0.25) is 5.91 Å². The van der Waals surface area contributed by atoms with E-state index in [4.69, 9.17) is 0 Å². The van der Waals surface area contributed by atoms with Crippen LogP contribution in [0.25, 0.3) is 6.08 Å². The number of rotatable bonds is 4. The molecule has 2 bridgehead atoms. The summed E-state index contributed by atoms with van der Waals surface area (Å²) < 4.78 is 4.35. The highest BCUT2D eigenvalue weighted by Crippen LogP contribution is 2.56. The summed E-state index contributed by atoms with van der Waals surface area (Å²) in [5, 5.41) is 22.9. The molecule has 2 saturated heterocycles. The smallest absolute Gasteiger partial charge is 0.246 e. The van der Waals surface area contributed by atoms with Crippen LogP contribution in [0, 0.1) is 12.8 Å². The molecule has 0 radical (unpaired) electrons. The van der Waals surface area contributed by atoms with Gasteiger partial charge >= 0.3 is 0 Å². The number of carbonyl (C=O) groups excluding carboxylic acids is 1. The predicted octanol–water partition coefficient (Wildman–Crippen LogP) is 3.50. The van der Waals surface area contributed by atoms with Crippen LogP contribution in [0.5, 0.6) is 5.75 Å². The summed E-state index contributed by atoms with van der Waals surface area (Å²) in [5.41, 5.74) is 1.81. The maximum atomic E-state index is 13.1. The molecular weight excluding hydrogens is 446 g/mol. The molecule has 3 heterocycles. The van der Waals surface area contributed by atoms with Crippen molar-refractivity contribution in [3.63, 3.8) is 0 Å². The van der Waals surface area contributed by atoms with Gasteiger partial charge in [-0.15, -0.1) is 0 Å². The van der Waals surface area contributed by atoms with Crippen molar-refractivity contribution in [1.82, 2.24) is 14.2 Å². The molecule has 0 spiro atoms.